The highest BCUT2D eigenvalue weighted by atomic mass is 16.5. The number of benzene rings is 3. The van der Waals surface area contributed by atoms with Crippen LogP contribution in [0.3, 0.4) is 0 Å². The Morgan fingerprint density at radius 2 is 1.73 bits per heavy atom. The lowest BCUT2D eigenvalue weighted by Crippen LogP contribution is -2.83. The average Bonchev–Trinajstić information content (AvgIpc) is 3.25. The fourth-order valence-electron chi connectivity index (χ4n) is 14.5. The van der Waals surface area contributed by atoms with E-state index in [9.17, 15) is 25.5 Å². The summed E-state index contributed by atoms with van der Waals surface area (Å²) in [5.41, 5.74) is 2.09. The number of phenols is 3. The lowest BCUT2D eigenvalue weighted by Gasteiger charge is -2.76. The molecule has 5 aliphatic carbocycles. The van der Waals surface area contributed by atoms with E-state index in [0.29, 0.717) is 49.6 Å². The maximum Gasteiger partial charge on any atom is 0.160 e. The fourth-order valence-corrected chi connectivity index (χ4v) is 14.5. The van der Waals surface area contributed by atoms with Gasteiger partial charge in [0.1, 0.15) is 5.78 Å². The number of carbonyl (C=O) groups is 1. The van der Waals surface area contributed by atoms with Crippen molar-refractivity contribution in [2.24, 2.45) is 41.4 Å². The van der Waals surface area contributed by atoms with Crippen molar-refractivity contribution in [1.29, 1.82) is 0 Å². The van der Waals surface area contributed by atoms with Crippen LogP contribution >= 0.6 is 0 Å². The van der Waals surface area contributed by atoms with Gasteiger partial charge in [-0.25, -0.2) is 0 Å². The molecule has 9 nitrogen and oxygen atoms in total. The SMILES string of the molecule is CCCCCC1C(=O)CC(c2cc(OC)c(O)cc2CO)C(Cc2ccccc2)C#CC2CNC34CCC5CC(CNC)C6CC5C3(c3cc(O)c(O)cc36)C2C1(O)CC4. The topological polar surface area (TPSA) is 152 Å². The Bertz CT molecular complexity index is 2170. The molecule has 320 valence electrons. The van der Waals surface area contributed by atoms with Crippen molar-refractivity contribution in [1.82, 2.24) is 10.6 Å². The Hall–Kier alpha value is -4.07. The van der Waals surface area contributed by atoms with Gasteiger partial charge in [-0.05, 0) is 141 Å². The summed E-state index contributed by atoms with van der Waals surface area (Å²) in [4.78, 5) is 15.8. The molecule has 1 spiro atoms. The molecule has 12 atom stereocenters. The molecule has 3 aromatic rings. The van der Waals surface area contributed by atoms with E-state index < -0.39 is 28.8 Å². The first-order valence-electron chi connectivity index (χ1n) is 22.8. The van der Waals surface area contributed by atoms with Gasteiger partial charge in [0.05, 0.1) is 19.3 Å². The number of aliphatic hydroxyl groups is 2. The number of hydrogen-bond acceptors (Lipinski definition) is 9. The average molecular weight is 817 g/mol. The number of rotatable bonds is 11. The van der Waals surface area contributed by atoms with Crippen LogP contribution < -0.4 is 15.4 Å². The number of hydrogen-bond donors (Lipinski definition) is 7. The highest BCUT2D eigenvalue weighted by Gasteiger charge is 2.76. The number of phenolic OH excluding ortho intramolecular Hbond substituents is 3. The number of nitrogens with one attached hydrogen (secondary N) is 2. The molecule has 3 aromatic carbocycles. The minimum Gasteiger partial charge on any atom is -0.504 e. The lowest BCUT2D eigenvalue weighted by atomic mass is 9.31. The molecule has 1 saturated heterocycles. The smallest absolute Gasteiger partial charge is 0.160 e. The highest BCUT2D eigenvalue weighted by molar-refractivity contribution is 5.84. The van der Waals surface area contributed by atoms with Crippen LogP contribution in [-0.2, 0) is 23.2 Å². The van der Waals surface area contributed by atoms with Crippen LogP contribution in [0.4, 0.5) is 0 Å². The van der Waals surface area contributed by atoms with E-state index in [2.05, 4.69) is 41.5 Å². The van der Waals surface area contributed by atoms with Gasteiger partial charge in [0.15, 0.2) is 23.0 Å². The molecule has 7 N–H and O–H groups in total. The molecule has 1 aliphatic heterocycles. The molecule has 4 bridgehead atoms. The first kappa shape index (κ1) is 41.3. The number of aliphatic hydroxyl groups excluding tert-OH is 1. The minimum atomic E-state index is -1.39. The Balaban J connectivity index is 1.30. The predicted molar refractivity (Wildman–Crippen MR) is 231 cm³/mol. The summed E-state index contributed by atoms with van der Waals surface area (Å²) in [5, 5.41) is 66.0. The van der Waals surface area contributed by atoms with Gasteiger partial charge in [0, 0.05) is 53.5 Å². The number of fused-ring (bicyclic) bond motifs is 3. The molecule has 1 heterocycles. The summed E-state index contributed by atoms with van der Waals surface area (Å²) < 4.78 is 5.62. The summed E-state index contributed by atoms with van der Waals surface area (Å²) in [5.74, 6) is 6.70. The molecule has 9 rings (SSSR count). The van der Waals surface area contributed by atoms with E-state index in [1.807, 2.05) is 37.4 Å². The minimum absolute atomic E-state index is 0.0185. The number of carbonyl (C=O) groups excluding carboxylic acids is 1. The van der Waals surface area contributed by atoms with E-state index >= 15 is 4.79 Å². The number of piperidine rings is 1. The third-order valence-electron chi connectivity index (χ3n) is 16.8. The molecule has 9 heteroatoms. The second-order valence-corrected chi connectivity index (χ2v) is 19.4. The van der Waals surface area contributed by atoms with E-state index in [0.717, 1.165) is 73.7 Å². The Labute approximate surface area is 355 Å². The molecule has 0 aromatic heterocycles. The van der Waals surface area contributed by atoms with Crippen LogP contribution in [0.15, 0.2) is 54.6 Å². The van der Waals surface area contributed by atoms with Gasteiger partial charge in [-0.15, -0.1) is 0 Å². The fraction of sp³-hybridized carbons (Fsp3) is 0.588. The zero-order chi connectivity index (χ0) is 42.0. The molecular formula is C51H64N2O7. The second kappa shape index (κ2) is 16.0. The molecular weight excluding hydrogens is 753 g/mol. The van der Waals surface area contributed by atoms with Gasteiger partial charge >= 0.3 is 0 Å². The number of unbranched alkanes of at least 4 members (excludes halogenated alkanes) is 2. The van der Waals surface area contributed by atoms with Crippen LogP contribution in [0.2, 0.25) is 0 Å². The Kier molecular flexibility index (Phi) is 11.0. The second-order valence-electron chi connectivity index (χ2n) is 19.4. The van der Waals surface area contributed by atoms with E-state index in [4.69, 9.17) is 4.74 Å². The van der Waals surface area contributed by atoms with Crippen molar-refractivity contribution in [3.05, 3.63) is 82.4 Å². The maximum absolute atomic E-state index is 15.8. The molecule has 12 unspecified atom stereocenters. The van der Waals surface area contributed by atoms with Gasteiger partial charge in [0.25, 0.3) is 0 Å². The predicted octanol–water partition coefficient (Wildman–Crippen LogP) is 7.21. The summed E-state index contributed by atoms with van der Waals surface area (Å²) in [7, 11) is 3.52. The van der Waals surface area contributed by atoms with Crippen molar-refractivity contribution in [3.63, 3.8) is 0 Å². The summed E-state index contributed by atoms with van der Waals surface area (Å²) >= 11 is 0. The van der Waals surface area contributed by atoms with Gasteiger partial charge < -0.3 is 40.9 Å². The maximum atomic E-state index is 15.8. The van der Waals surface area contributed by atoms with Crippen molar-refractivity contribution in [3.8, 4) is 34.8 Å². The zero-order valence-electron chi connectivity index (χ0n) is 35.6. The van der Waals surface area contributed by atoms with Crippen LogP contribution in [0.5, 0.6) is 23.0 Å². The van der Waals surface area contributed by atoms with E-state index in [1.54, 1.807) is 12.1 Å². The van der Waals surface area contributed by atoms with Crippen LogP contribution in [0.1, 0.15) is 117 Å². The first-order chi connectivity index (χ1) is 29.0. The standard InChI is InChI=1S/C51H64N2O7/c1-4-5-7-12-40-43(55)23-37(38-25-47(60-3)46(58)21-35(38)29-54)31(19-30-10-8-6-9-11-30)13-14-33-28-53-49-16-15-32-20-34(27-52-2)36-22-41(32)51(49,48(33)50(40,59)18-17-49)42-26-45(57)44(56)24-39(36)42/h6,8-11,21,24-26,31-34,36-37,40-41,48,52-54,56-59H,4-5,7,12,15-20,22-23,27-29H2,1-3H3. The molecule has 0 amide bonds. The zero-order valence-corrected chi connectivity index (χ0v) is 35.6. The molecule has 0 radical (unpaired) electrons. The quantitative estimate of drug-likeness (QED) is 0.0606. The Morgan fingerprint density at radius 3 is 2.48 bits per heavy atom. The van der Waals surface area contributed by atoms with Gasteiger partial charge in [-0.1, -0.05) is 68.4 Å². The summed E-state index contributed by atoms with van der Waals surface area (Å²) in [6.45, 7) is 3.29. The first-order valence-corrected chi connectivity index (χ1v) is 22.8. The third kappa shape index (κ3) is 6.29. The lowest BCUT2D eigenvalue weighted by molar-refractivity contribution is -0.226. The van der Waals surface area contributed by atoms with Crippen molar-refractivity contribution < 1.29 is 35.1 Å². The molecule has 60 heavy (non-hydrogen) atoms. The third-order valence-corrected chi connectivity index (χ3v) is 16.8. The normalized spacial score (nSPS) is 36.3. The van der Waals surface area contributed by atoms with Crippen LogP contribution in [0.25, 0.3) is 0 Å². The Morgan fingerprint density at radius 1 is 0.933 bits per heavy atom. The number of ketones is 1. The molecule has 6 aliphatic rings. The highest BCUT2D eigenvalue weighted by Crippen LogP contribution is 2.74. The number of Topliss-reactive ketones (excluding diaryl/α,β-unsaturated/α-hetero) is 1. The number of methoxy groups -OCH3 is 1. The molecule has 4 fully saturated rings. The van der Waals surface area contributed by atoms with Gasteiger partial charge in [-0.2, -0.15) is 0 Å². The van der Waals surface area contributed by atoms with Crippen molar-refractivity contribution in [2.45, 2.75) is 119 Å². The molecule has 3 saturated carbocycles. The largest absolute Gasteiger partial charge is 0.504 e. The van der Waals surface area contributed by atoms with Gasteiger partial charge in [0.2, 0.25) is 0 Å². The number of aromatic hydroxyl groups is 3. The van der Waals surface area contributed by atoms with Crippen LogP contribution in [-0.4, -0.2) is 69.7 Å². The number of ether oxygens (including phenoxy) is 1. The van der Waals surface area contributed by atoms with Crippen LogP contribution in [0, 0.1) is 53.3 Å². The van der Waals surface area contributed by atoms with Crippen molar-refractivity contribution >= 4 is 5.78 Å². The van der Waals surface area contributed by atoms with E-state index in [1.165, 1.54) is 7.11 Å². The summed E-state index contributed by atoms with van der Waals surface area (Å²) in [6.07, 6.45) is 9.20. The van der Waals surface area contributed by atoms with E-state index in [-0.39, 0.29) is 71.0 Å². The monoisotopic (exact) mass is 816 g/mol. The summed E-state index contributed by atoms with van der Waals surface area (Å²) in [6, 6.07) is 17.2. The van der Waals surface area contributed by atoms with Crippen molar-refractivity contribution in [2.75, 3.05) is 27.2 Å². The van der Waals surface area contributed by atoms with Gasteiger partial charge in [-0.3, -0.25) is 4.79 Å².